The van der Waals surface area contributed by atoms with E-state index in [1.807, 2.05) is 18.2 Å². The van der Waals surface area contributed by atoms with E-state index >= 15 is 0 Å². The Hall–Kier alpha value is -4.04. The molecule has 0 fully saturated rings. The van der Waals surface area contributed by atoms with Crippen LogP contribution in [0, 0.1) is 5.92 Å². The van der Waals surface area contributed by atoms with E-state index in [1.165, 1.54) is 28.5 Å². The van der Waals surface area contributed by atoms with Crippen LogP contribution in [0.2, 0.25) is 0 Å². The van der Waals surface area contributed by atoms with Crippen molar-refractivity contribution < 1.29 is 22.7 Å². The van der Waals surface area contributed by atoms with E-state index in [0.29, 0.717) is 36.9 Å². The highest BCUT2D eigenvalue weighted by atomic mass is 32.2. The van der Waals surface area contributed by atoms with Crippen molar-refractivity contribution in [2.75, 3.05) is 30.6 Å². The fourth-order valence-electron chi connectivity index (χ4n) is 4.61. The van der Waals surface area contributed by atoms with Gasteiger partial charge in [0.05, 0.1) is 10.6 Å². The number of nitrogens with one attached hydrogen (secondary N) is 1. The van der Waals surface area contributed by atoms with Gasteiger partial charge in [0.15, 0.2) is 11.5 Å². The topological polar surface area (TPSA) is 84.9 Å². The molecule has 1 aliphatic heterocycles. The zero-order chi connectivity index (χ0) is 26.5. The average Bonchev–Trinajstić information content (AvgIpc) is 2.95. The minimum absolute atomic E-state index is 0.104. The summed E-state index contributed by atoms with van der Waals surface area (Å²) in [5.41, 5.74) is 1.55. The number of sulfonamides is 1. The first-order valence-electron chi connectivity index (χ1n) is 12.6. The van der Waals surface area contributed by atoms with Crippen LogP contribution in [0.3, 0.4) is 0 Å². The molecule has 4 aromatic carbocycles. The number of hydrogen-bond donors (Lipinski definition) is 1. The van der Waals surface area contributed by atoms with Gasteiger partial charge in [0.2, 0.25) is 5.91 Å². The van der Waals surface area contributed by atoms with Crippen molar-refractivity contribution in [2.45, 2.75) is 18.2 Å². The Morgan fingerprint density at radius 3 is 2.42 bits per heavy atom. The Kier molecular flexibility index (Phi) is 7.51. The van der Waals surface area contributed by atoms with Crippen LogP contribution in [-0.2, 0) is 21.2 Å². The summed E-state index contributed by atoms with van der Waals surface area (Å²) in [5.74, 6) is 0.761. The number of anilines is 1. The lowest BCUT2D eigenvalue weighted by molar-refractivity contribution is -0.119. The number of amides is 1. The molecule has 4 aromatic rings. The number of fused-ring (bicyclic) bond motifs is 2. The molecule has 0 aromatic heterocycles. The number of ether oxygens (including phenoxy) is 2. The molecule has 0 spiro atoms. The summed E-state index contributed by atoms with van der Waals surface area (Å²) in [6, 6.07) is 27.5. The molecule has 1 amide bonds. The van der Waals surface area contributed by atoms with Crippen LogP contribution in [0.15, 0.2) is 95.9 Å². The molecule has 38 heavy (non-hydrogen) atoms. The minimum atomic E-state index is -4.01. The molecule has 1 unspecified atom stereocenters. The van der Waals surface area contributed by atoms with Crippen molar-refractivity contribution >= 4 is 32.4 Å². The Morgan fingerprint density at radius 2 is 1.61 bits per heavy atom. The third-order valence-corrected chi connectivity index (χ3v) is 8.32. The van der Waals surface area contributed by atoms with Gasteiger partial charge in [0.1, 0.15) is 19.8 Å². The van der Waals surface area contributed by atoms with Crippen molar-refractivity contribution in [2.24, 2.45) is 5.92 Å². The van der Waals surface area contributed by atoms with Gasteiger partial charge in [-0.1, -0.05) is 67.6 Å². The van der Waals surface area contributed by atoms with Crippen LogP contribution in [0.25, 0.3) is 10.8 Å². The van der Waals surface area contributed by atoms with Crippen molar-refractivity contribution in [1.82, 2.24) is 5.32 Å². The Bertz CT molecular complexity index is 1530. The Balaban J connectivity index is 1.32. The molecule has 1 atom stereocenters. The summed E-state index contributed by atoms with van der Waals surface area (Å²) < 4.78 is 39.6. The number of benzene rings is 4. The lowest BCUT2D eigenvalue weighted by Gasteiger charge is -2.26. The maximum atomic E-state index is 13.6. The van der Waals surface area contributed by atoms with E-state index in [4.69, 9.17) is 9.47 Å². The quantitative estimate of drug-likeness (QED) is 0.336. The van der Waals surface area contributed by atoms with Gasteiger partial charge >= 0.3 is 0 Å². The van der Waals surface area contributed by atoms with E-state index < -0.39 is 10.0 Å². The van der Waals surface area contributed by atoms with Crippen LogP contribution in [0.5, 0.6) is 11.5 Å². The summed E-state index contributed by atoms with van der Waals surface area (Å²) in [5, 5.41) is 5.32. The highest BCUT2D eigenvalue weighted by Crippen LogP contribution is 2.35. The fraction of sp³-hybridized carbons (Fsp3) is 0.233. The normalized spacial score (nSPS) is 13.6. The van der Waals surface area contributed by atoms with Gasteiger partial charge in [-0.05, 0) is 52.9 Å². The molecule has 0 aliphatic carbocycles. The third-order valence-electron chi connectivity index (χ3n) is 6.53. The predicted molar refractivity (Wildman–Crippen MR) is 148 cm³/mol. The number of nitrogens with zero attached hydrogens (tertiary/aromatic N) is 1. The Labute approximate surface area is 223 Å². The highest BCUT2D eigenvalue weighted by molar-refractivity contribution is 7.92. The van der Waals surface area contributed by atoms with Crippen LogP contribution in [0.4, 0.5) is 5.69 Å². The SMILES string of the molecule is CC(CNC(=O)CN(c1ccc2c(c1)OCCO2)S(=O)(=O)c1ccccc1)Cc1cccc2ccccc12. The van der Waals surface area contributed by atoms with Gasteiger partial charge in [-0.25, -0.2) is 8.42 Å². The number of hydrogen-bond acceptors (Lipinski definition) is 5. The molecule has 8 heteroatoms. The van der Waals surface area contributed by atoms with Crippen molar-refractivity contribution in [3.05, 3.63) is 96.6 Å². The van der Waals surface area contributed by atoms with Gasteiger partial charge in [0.25, 0.3) is 10.0 Å². The maximum absolute atomic E-state index is 13.6. The number of carbonyl (C=O) groups is 1. The molecule has 0 saturated carbocycles. The van der Waals surface area contributed by atoms with Crippen molar-refractivity contribution in [3.8, 4) is 11.5 Å². The van der Waals surface area contributed by atoms with E-state index in [0.717, 1.165) is 10.7 Å². The largest absolute Gasteiger partial charge is 0.486 e. The number of carbonyl (C=O) groups excluding carboxylic acids is 1. The van der Waals surface area contributed by atoms with Gasteiger partial charge in [-0.3, -0.25) is 9.10 Å². The lowest BCUT2D eigenvalue weighted by Crippen LogP contribution is -2.42. The van der Waals surface area contributed by atoms with E-state index in [1.54, 1.807) is 36.4 Å². The first-order valence-corrected chi connectivity index (χ1v) is 14.1. The highest BCUT2D eigenvalue weighted by Gasteiger charge is 2.28. The lowest BCUT2D eigenvalue weighted by atomic mass is 9.96. The standard InChI is InChI=1S/C30H30N2O5S/c1-22(18-24-10-7-9-23-8-5-6-13-27(23)24)20-31-30(33)21-32(38(34,35)26-11-3-2-4-12-26)25-14-15-28-29(19-25)37-17-16-36-28/h2-15,19,22H,16-18,20-21H2,1H3,(H,31,33). The predicted octanol–water partition coefficient (Wildman–Crippen LogP) is 4.80. The second kappa shape index (κ2) is 11.1. The zero-order valence-corrected chi connectivity index (χ0v) is 22.0. The van der Waals surface area contributed by atoms with Gasteiger partial charge in [0, 0.05) is 12.6 Å². The minimum Gasteiger partial charge on any atom is -0.486 e. The maximum Gasteiger partial charge on any atom is 0.264 e. The van der Waals surface area contributed by atoms with Gasteiger partial charge < -0.3 is 14.8 Å². The van der Waals surface area contributed by atoms with Crippen LogP contribution in [0.1, 0.15) is 12.5 Å². The first-order chi connectivity index (χ1) is 18.4. The third kappa shape index (κ3) is 5.60. The summed E-state index contributed by atoms with van der Waals surface area (Å²) in [6.45, 7) is 2.93. The summed E-state index contributed by atoms with van der Waals surface area (Å²) in [6.07, 6.45) is 0.788. The van der Waals surface area contributed by atoms with Crippen LogP contribution in [-0.4, -0.2) is 40.6 Å². The first kappa shape index (κ1) is 25.6. The molecular weight excluding hydrogens is 500 g/mol. The molecule has 0 bridgehead atoms. The van der Waals surface area contributed by atoms with Crippen molar-refractivity contribution in [3.63, 3.8) is 0 Å². The van der Waals surface area contributed by atoms with Crippen molar-refractivity contribution in [1.29, 1.82) is 0 Å². The fourth-order valence-corrected chi connectivity index (χ4v) is 6.05. The molecule has 0 saturated heterocycles. The van der Waals surface area contributed by atoms with Gasteiger partial charge in [-0.2, -0.15) is 0 Å². The van der Waals surface area contributed by atoms with Crippen LogP contribution >= 0.6 is 0 Å². The monoisotopic (exact) mass is 530 g/mol. The molecular formula is C30H30N2O5S. The van der Waals surface area contributed by atoms with Crippen LogP contribution < -0.4 is 19.1 Å². The molecule has 196 valence electrons. The smallest absolute Gasteiger partial charge is 0.264 e. The number of rotatable bonds is 9. The molecule has 7 nitrogen and oxygen atoms in total. The molecule has 1 heterocycles. The molecule has 1 N–H and O–H groups in total. The van der Waals surface area contributed by atoms with E-state index in [2.05, 4.69) is 36.5 Å². The van der Waals surface area contributed by atoms with E-state index in [9.17, 15) is 13.2 Å². The molecule has 0 radical (unpaired) electrons. The Morgan fingerprint density at radius 1 is 0.895 bits per heavy atom. The zero-order valence-electron chi connectivity index (χ0n) is 21.2. The average molecular weight is 531 g/mol. The molecule has 5 rings (SSSR count). The second-order valence-electron chi connectivity index (χ2n) is 9.40. The summed E-state index contributed by atoms with van der Waals surface area (Å²) in [7, 11) is -4.01. The summed E-state index contributed by atoms with van der Waals surface area (Å²) in [4.78, 5) is 13.2. The molecule has 1 aliphatic rings. The second-order valence-corrected chi connectivity index (χ2v) is 11.3. The van der Waals surface area contributed by atoms with E-state index in [-0.39, 0.29) is 23.3 Å². The summed E-state index contributed by atoms with van der Waals surface area (Å²) >= 11 is 0. The van der Waals surface area contributed by atoms with Gasteiger partial charge in [-0.15, -0.1) is 0 Å².